The van der Waals surface area contributed by atoms with Crippen molar-refractivity contribution in [3.8, 4) is 0 Å². The molecule has 2 amide bonds. The van der Waals surface area contributed by atoms with E-state index in [1.807, 2.05) is 24.3 Å². The van der Waals surface area contributed by atoms with Crippen molar-refractivity contribution < 1.29 is 9.59 Å². The van der Waals surface area contributed by atoms with Crippen molar-refractivity contribution in [3.63, 3.8) is 0 Å². The highest BCUT2D eigenvalue weighted by molar-refractivity contribution is 6.30. The lowest BCUT2D eigenvalue weighted by Crippen LogP contribution is -2.45. The molecule has 0 spiro atoms. The third-order valence-electron chi connectivity index (χ3n) is 7.13. The zero-order valence-electron chi connectivity index (χ0n) is 19.2. The second-order valence-corrected chi connectivity index (χ2v) is 9.94. The molecule has 4 rings (SSSR count). The zero-order valence-corrected chi connectivity index (χ0v) is 19.9. The van der Waals surface area contributed by atoms with Gasteiger partial charge in [-0.05, 0) is 74.4 Å². The summed E-state index contributed by atoms with van der Waals surface area (Å²) in [4.78, 5) is 27.0. The number of hydrogen-bond acceptors (Lipinski definition) is 3. The second-order valence-electron chi connectivity index (χ2n) is 9.51. The highest BCUT2D eigenvalue weighted by Gasteiger charge is 2.37. The van der Waals surface area contributed by atoms with Crippen LogP contribution in [0.4, 0.5) is 0 Å². The summed E-state index contributed by atoms with van der Waals surface area (Å²) in [5, 5.41) is 6.94. The van der Waals surface area contributed by atoms with Gasteiger partial charge in [0.15, 0.2) is 0 Å². The first-order valence-corrected chi connectivity index (χ1v) is 12.5. The standard InChI is InChI=1S/C27H34ClN3O2/c28-24-8-6-21(7-9-24)20-27(15-11-26(33)30-27)14-10-25(32)29-16-19-31-17-12-23(13-18-31)22-4-2-1-3-5-22/h1-9,23H,10-20H2,(H,29,32)(H,30,33). The summed E-state index contributed by atoms with van der Waals surface area (Å²) in [6.45, 7) is 3.71. The van der Waals surface area contributed by atoms with E-state index in [0.29, 0.717) is 36.7 Å². The van der Waals surface area contributed by atoms with Crippen molar-refractivity contribution in [3.05, 3.63) is 70.7 Å². The molecule has 0 radical (unpaired) electrons. The fourth-order valence-electron chi connectivity index (χ4n) is 5.18. The van der Waals surface area contributed by atoms with Gasteiger partial charge in [0.25, 0.3) is 0 Å². The molecule has 33 heavy (non-hydrogen) atoms. The van der Waals surface area contributed by atoms with Gasteiger partial charge in [-0.3, -0.25) is 9.59 Å². The van der Waals surface area contributed by atoms with Crippen LogP contribution >= 0.6 is 11.6 Å². The third kappa shape index (κ3) is 6.81. The third-order valence-corrected chi connectivity index (χ3v) is 7.38. The smallest absolute Gasteiger partial charge is 0.220 e. The number of amides is 2. The summed E-state index contributed by atoms with van der Waals surface area (Å²) in [5.41, 5.74) is 2.22. The van der Waals surface area contributed by atoms with Crippen LogP contribution in [0.2, 0.25) is 5.02 Å². The Morgan fingerprint density at radius 3 is 2.48 bits per heavy atom. The summed E-state index contributed by atoms with van der Waals surface area (Å²) in [6, 6.07) is 18.5. The second kappa shape index (κ2) is 11.2. The van der Waals surface area contributed by atoms with Crippen molar-refractivity contribution in [2.75, 3.05) is 26.2 Å². The first kappa shape index (κ1) is 23.8. The lowest BCUT2D eigenvalue weighted by molar-refractivity contribution is -0.122. The number of piperidine rings is 1. The average molecular weight is 468 g/mol. The van der Waals surface area contributed by atoms with Gasteiger partial charge in [-0.2, -0.15) is 0 Å². The largest absolute Gasteiger partial charge is 0.355 e. The predicted molar refractivity (Wildman–Crippen MR) is 132 cm³/mol. The van der Waals surface area contributed by atoms with E-state index in [-0.39, 0.29) is 17.4 Å². The van der Waals surface area contributed by atoms with E-state index < -0.39 is 0 Å². The highest BCUT2D eigenvalue weighted by atomic mass is 35.5. The maximum atomic E-state index is 12.5. The predicted octanol–water partition coefficient (Wildman–Crippen LogP) is 4.31. The summed E-state index contributed by atoms with van der Waals surface area (Å²) in [6.07, 6.45) is 5.42. The summed E-state index contributed by atoms with van der Waals surface area (Å²) in [5.74, 6) is 0.782. The van der Waals surface area contributed by atoms with E-state index in [2.05, 4.69) is 45.9 Å². The Morgan fingerprint density at radius 1 is 1.09 bits per heavy atom. The molecule has 6 heteroatoms. The van der Waals surface area contributed by atoms with Gasteiger partial charge in [0.05, 0.1) is 0 Å². The average Bonchev–Trinajstić information content (AvgIpc) is 3.21. The molecule has 176 valence electrons. The molecule has 2 saturated heterocycles. The maximum absolute atomic E-state index is 12.5. The van der Waals surface area contributed by atoms with Gasteiger partial charge in [-0.1, -0.05) is 54.1 Å². The molecule has 2 N–H and O–H groups in total. The summed E-state index contributed by atoms with van der Waals surface area (Å²) in [7, 11) is 0. The van der Waals surface area contributed by atoms with E-state index in [1.165, 1.54) is 18.4 Å². The molecule has 1 unspecified atom stereocenters. The van der Waals surface area contributed by atoms with E-state index >= 15 is 0 Å². The van der Waals surface area contributed by atoms with Crippen molar-refractivity contribution >= 4 is 23.4 Å². The van der Waals surface area contributed by atoms with E-state index in [1.54, 1.807) is 0 Å². The van der Waals surface area contributed by atoms with Crippen LogP contribution in [0.1, 0.15) is 55.6 Å². The number of rotatable bonds is 9. The first-order chi connectivity index (χ1) is 16.0. The minimum atomic E-state index is -0.346. The molecule has 2 heterocycles. The molecule has 2 fully saturated rings. The molecule has 5 nitrogen and oxygen atoms in total. The molecule has 0 aliphatic carbocycles. The van der Waals surface area contributed by atoms with Gasteiger partial charge in [-0.25, -0.2) is 0 Å². The van der Waals surface area contributed by atoms with Gasteiger partial charge in [-0.15, -0.1) is 0 Å². The number of carbonyl (C=O) groups is 2. The molecular formula is C27H34ClN3O2. The number of likely N-dealkylation sites (tertiary alicyclic amines) is 1. The molecule has 2 aromatic rings. The summed E-state index contributed by atoms with van der Waals surface area (Å²) < 4.78 is 0. The van der Waals surface area contributed by atoms with Crippen molar-refractivity contribution in [2.24, 2.45) is 0 Å². The van der Waals surface area contributed by atoms with Crippen LogP contribution in [0.15, 0.2) is 54.6 Å². The Morgan fingerprint density at radius 2 is 1.82 bits per heavy atom. The molecular weight excluding hydrogens is 434 g/mol. The van der Waals surface area contributed by atoms with Gasteiger partial charge >= 0.3 is 0 Å². The van der Waals surface area contributed by atoms with Crippen LogP contribution in [0.5, 0.6) is 0 Å². The van der Waals surface area contributed by atoms with Gasteiger partial charge < -0.3 is 15.5 Å². The first-order valence-electron chi connectivity index (χ1n) is 12.1. The monoisotopic (exact) mass is 467 g/mol. The number of hydrogen-bond donors (Lipinski definition) is 2. The fraction of sp³-hybridized carbons (Fsp3) is 0.481. The van der Waals surface area contributed by atoms with Crippen LogP contribution < -0.4 is 10.6 Å². The van der Waals surface area contributed by atoms with E-state index in [0.717, 1.165) is 38.0 Å². The fourth-order valence-corrected chi connectivity index (χ4v) is 5.31. The van der Waals surface area contributed by atoms with Gasteiger partial charge in [0, 0.05) is 36.5 Å². The maximum Gasteiger partial charge on any atom is 0.220 e. The minimum Gasteiger partial charge on any atom is -0.355 e. The molecule has 0 bridgehead atoms. The number of halogens is 1. The molecule has 0 aromatic heterocycles. The van der Waals surface area contributed by atoms with Crippen LogP contribution in [0.25, 0.3) is 0 Å². The minimum absolute atomic E-state index is 0.0609. The van der Waals surface area contributed by atoms with Crippen LogP contribution in [0, 0.1) is 0 Å². The number of nitrogens with zero attached hydrogens (tertiary/aromatic N) is 1. The lowest BCUT2D eigenvalue weighted by atomic mass is 9.85. The number of carbonyl (C=O) groups excluding carboxylic acids is 2. The van der Waals surface area contributed by atoms with E-state index in [4.69, 9.17) is 11.6 Å². The van der Waals surface area contributed by atoms with Crippen molar-refractivity contribution in [1.82, 2.24) is 15.5 Å². The summed E-state index contributed by atoms with van der Waals surface area (Å²) >= 11 is 6.00. The molecule has 2 aliphatic heterocycles. The zero-order chi connectivity index (χ0) is 23.1. The van der Waals surface area contributed by atoms with E-state index in [9.17, 15) is 9.59 Å². The lowest BCUT2D eigenvalue weighted by Gasteiger charge is -2.32. The SMILES string of the molecule is O=C(CCC1(Cc2ccc(Cl)cc2)CCC(=O)N1)NCCN1CCC(c2ccccc2)CC1. The van der Waals surface area contributed by atoms with Crippen LogP contribution in [-0.2, 0) is 16.0 Å². The molecule has 2 aromatic carbocycles. The molecule has 2 aliphatic rings. The Balaban J connectivity index is 1.18. The Hall–Kier alpha value is -2.37. The Bertz CT molecular complexity index is 926. The normalized spacial score (nSPS) is 21.7. The quantitative estimate of drug-likeness (QED) is 0.577. The topological polar surface area (TPSA) is 61.4 Å². The molecule has 1 atom stereocenters. The Labute approximate surface area is 201 Å². The van der Waals surface area contributed by atoms with Gasteiger partial charge in [0.2, 0.25) is 11.8 Å². The van der Waals surface area contributed by atoms with Crippen LogP contribution in [-0.4, -0.2) is 48.4 Å². The highest BCUT2D eigenvalue weighted by Crippen LogP contribution is 2.30. The number of benzene rings is 2. The van der Waals surface area contributed by atoms with Crippen molar-refractivity contribution in [2.45, 2.75) is 56.4 Å². The van der Waals surface area contributed by atoms with Crippen molar-refractivity contribution in [1.29, 1.82) is 0 Å². The van der Waals surface area contributed by atoms with Gasteiger partial charge in [0.1, 0.15) is 0 Å². The Kier molecular flexibility index (Phi) is 8.05. The number of nitrogens with one attached hydrogen (secondary N) is 2. The molecule has 0 saturated carbocycles. The van der Waals surface area contributed by atoms with Crippen LogP contribution in [0.3, 0.4) is 0 Å².